The first kappa shape index (κ1) is 13.1. The highest BCUT2D eigenvalue weighted by atomic mass is 127. The van der Waals surface area contributed by atoms with E-state index in [4.69, 9.17) is 4.74 Å². The van der Waals surface area contributed by atoms with Crippen molar-refractivity contribution in [2.24, 2.45) is 4.99 Å². The maximum absolute atomic E-state index is 5.92. The number of morpholine rings is 1. The molecule has 3 aliphatic heterocycles. The molecule has 2 fully saturated rings. The van der Waals surface area contributed by atoms with Gasteiger partial charge in [-0.1, -0.05) is 6.58 Å². The van der Waals surface area contributed by atoms with Crippen molar-refractivity contribution in [3.8, 4) is 0 Å². The summed E-state index contributed by atoms with van der Waals surface area (Å²) in [5.41, 5.74) is 1.16. The van der Waals surface area contributed by atoms with Crippen LogP contribution in [0.3, 0.4) is 0 Å². The molecule has 17 heavy (non-hydrogen) atoms. The number of aliphatic imine (C=N–C) groups is 1. The van der Waals surface area contributed by atoms with E-state index in [-0.39, 0.29) is 24.0 Å². The number of nitrogens with zero attached hydrogens (tertiary/aromatic N) is 2. The van der Waals surface area contributed by atoms with Gasteiger partial charge in [-0.3, -0.25) is 0 Å². The molecule has 3 aliphatic rings. The molecular weight excluding hydrogens is 329 g/mol. The second kappa shape index (κ2) is 5.56. The number of guanidine groups is 1. The molecule has 0 aromatic carbocycles. The molecule has 96 valence electrons. The van der Waals surface area contributed by atoms with Gasteiger partial charge in [-0.2, -0.15) is 0 Å². The van der Waals surface area contributed by atoms with E-state index in [2.05, 4.69) is 21.8 Å². The fourth-order valence-corrected chi connectivity index (χ4v) is 2.70. The maximum atomic E-state index is 5.92. The zero-order valence-corrected chi connectivity index (χ0v) is 12.4. The zero-order valence-electron chi connectivity index (χ0n) is 10.0. The number of hydrogen-bond donors (Lipinski definition) is 1. The van der Waals surface area contributed by atoms with Crippen molar-refractivity contribution in [2.75, 3.05) is 26.2 Å². The Bertz CT molecular complexity index is 320. The summed E-state index contributed by atoms with van der Waals surface area (Å²) >= 11 is 0. The number of ether oxygens (including phenoxy) is 1. The SMILES string of the molecule is C=C1CN=C(N2CC3CCCC(C2)O3)NC1.I. The Morgan fingerprint density at radius 1 is 1.29 bits per heavy atom. The first-order valence-electron chi connectivity index (χ1n) is 6.16. The topological polar surface area (TPSA) is 36.9 Å². The largest absolute Gasteiger partial charge is 0.371 e. The van der Waals surface area contributed by atoms with Crippen molar-refractivity contribution >= 4 is 29.9 Å². The maximum Gasteiger partial charge on any atom is 0.194 e. The van der Waals surface area contributed by atoms with Gasteiger partial charge in [-0.25, -0.2) is 4.99 Å². The van der Waals surface area contributed by atoms with Crippen molar-refractivity contribution in [3.63, 3.8) is 0 Å². The lowest BCUT2D eigenvalue weighted by Crippen LogP contribution is -2.56. The summed E-state index contributed by atoms with van der Waals surface area (Å²) in [4.78, 5) is 6.89. The van der Waals surface area contributed by atoms with Gasteiger partial charge >= 0.3 is 0 Å². The summed E-state index contributed by atoms with van der Waals surface area (Å²) in [6.07, 6.45) is 4.56. The Balaban J connectivity index is 0.00000108. The Morgan fingerprint density at radius 2 is 2.00 bits per heavy atom. The minimum atomic E-state index is 0. The number of hydrogen-bond acceptors (Lipinski definition) is 4. The normalized spacial score (nSPS) is 32.4. The Hall–Kier alpha value is -0.300. The van der Waals surface area contributed by atoms with Crippen LogP contribution in [0, 0.1) is 0 Å². The molecule has 0 spiro atoms. The number of fused-ring (bicyclic) bond motifs is 2. The minimum Gasteiger partial charge on any atom is -0.371 e. The van der Waals surface area contributed by atoms with Crippen molar-refractivity contribution in [2.45, 2.75) is 31.5 Å². The molecule has 0 saturated carbocycles. The van der Waals surface area contributed by atoms with Crippen LogP contribution in [0.2, 0.25) is 0 Å². The van der Waals surface area contributed by atoms with E-state index in [1.54, 1.807) is 0 Å². The van der Waals surface area contributed by atoms with Crippen LogP contribution in [0.5, 0.6) is 0 Å². The van der Waals surface area contributed by atoms with E-state index in [0.29, 0.717) is 12.2 Å². The quantitative estimate of drug-likeness (QED) is 0.530. The average molecular weight is 349 g/mol. The molecule has 2 bridgehead atoms. The van der Waals surface area contributed by atoms with Crippen molar-refractivity contribution in [1.29, 1.82) is 0 Å². The lowest BCUT2D eigenvalue weighted by Gasteiger charge is -2.43. The van der Waals surface area contributed by atoms with Crippen LogP contribution < -0.4 is 5.32 Å². The fourth-order valence-electron chi connectivity index (χ4n) is 2.70. The summed E-state index contributed by atoms with van der Waals surface area (Å²) in [5, 5.41) is 3.35. The molecule has 0 aromatic rings. The monoisotopic (exact) mass is 349 g/mol. The number of rotatable bonds is 0. The molecule has 0 aromatic heterocycles. The molecule has 4 nitrogen and oxygen atoms in total. The number of likely N-dealkylation sites (tertiary alicyclic amines) is 1. The molecule has 3 heterocycles. The van der Waals surface area contributed by atoms with E-state index in [1.807, 2.05) is 0 Å². The number of nitrogens with one attached hydrogen (secondary N) is 1. The van der Waals surface area contributed by atoms with Crippen LogP contribution >= 0.6 is 24.0 Å². The Kier molecular flexibility index (Phi) is 4.30. The highest BCUT2D eigenvalue weighted by Gasteiger charge is 2.32. The molecular formula is C12H20IN3O. The summed E-state index contributed by atoms with van der Waals surface area (Å²) in [6, 6.07) is 0. The molecule has 0 radical (unpaired) electrons. The second-order valence-corrected chi connectivity index (χ2v) is 4.96. The van der Waals surface area contributed by atoms with E-state index < -0.39 is 0 Å². The standard InChI is InChI=1S/C12H19N3O.HI/c1-9-5-13-12(14-6-9)15-7-10-3-2-4-11(8-15)16-10;/h10-11H,1-8H2,(H,13,14);1H. The van der Waals surface area contributed by atoms with Crippen LogP contribution in [0.15, 0.2) is 17.1 Å². The van der Waals surface area contributed by atoms with Crippen LogP contribution in [0.25, 0.3) is 0 Å². The predicted molar refractivity (Wildman–Crippen MR) is 78.9 cm³/mol. The molecule has 5 heteroatoms. The van der Waals surface area contributed by atoms with Gasteiger partial charge in [-0.05, 0) is 24.8 Å². The van der Waals surface area contributed by atoms with Crippen LogP contribution in [-0.4, -0.2) is 49.2 Å². The lowest BCUT2D eigenvalue weighted by atomic mass is 10.00. The third-order valence-electron chi connectivity index (χ3n) is 3.53. The molecule has 2 saturated heterocycles. The molecule has 2 atom stereocenters. The molecule has 3 rings (SSSR count). The van der Waals surface area contributed by atoms with Gasteiger partial charge < -0.3 is 15.0 Å². The lowest BCUT2D eigenvalue weighted by molar-refractivity contribution is -0.0978. The second-order valence-electron chi connectivity index (χ2n) is 4.96. The van der Waals surface area contributed by atoms with E-state index in [9.17, 15) is 0 Å². The molecule has 0 amide bonds. The Morgan fingerprint density at radius 3 is 2.59 bits per heavy atom. The zero-order chi connectivity index (χ0) is 11.0. The van der Waals surface area contributed by atoms with Crippen molar-refractivity contribution in [3.05, 3.63) is 12.2 Å². The van der Waals surface area contributed by atoms with E-state index in [0.717, 1.165) is 37.7 Å². The van der Waals surface area contributed by atoms with Gasteiger partial charge in [0.25, 0.3) is 0 Å². The van der Waals surface area contributed by atoms with Crippen LogP contribution in [-0.2, 0) is 4.74 Å². The summed E-state index contributed by atoms with van der Waals surface area (Å²) in [6.45, 7) is 7.57. The third-order valence-corrected chi connectivity index (χ3v) is 3.53. The average Bonchev–Trinajstić information content (AvgIpc) is 2.29. The van der Waals surface area contributed by atoms with E-state index in [1.165, 1.54) is 19.3 Å². The van der Waals surface area contributed by atoms with Gasteiger partial charge in [0, 0.05) is 19.6 Å². The summed E-state index contributed by atoms with van der Waals surface area (Å²) in [5.74, 6) is 1.05. The van der Waals surface area contributed by atoms with Gasteiger partial charge in [0.15, 0.2) is 5.96 Å². The number of halogens is 1. The van der Waals surface area contributed by atoms with Gasteiger partial charge in [0.05, 0.1) is 18.8 Å². The Labute approximate surface area is 120 Å². The summed E-state index contributed by atoms with van der Waals surface area (Å²) < 4.78 is 5.92. The highest BCUT2D eigenvalue weighted by Crippen LogP contribution is 2.25. The molecule has 2 unspecified atom stereocenters. The smallest absolute Gasteiger partial charge is 0.194 e. The molecule has 0 aliphatic carbocycles. The first-order valence-corrected chi connectivity index (χ1v) is 6.16. The highest BCUT2D eigenvalue weighted by molar-refractivity contribution is 14.0. The van der Waals surface area contributed by atoms with Gasteiger partial charge in [0.2, 0.25) is 0 Å². The minimum absolute atomic E-state index is 0. The van der Waals surface area contributed by atoms with E-state index >= 15 is 0 Å². The van der Waals surface area contributed by atoms with Crippen molar-refractivity contribution in [1.82, 2.24) is 10.2 Å². The summed E-state index contributed by atoms with van der Waals surface area (Å²) in [7, 11) is 0. The van der Waals surface area contributed by atoms with Gasteiger partial charge in [-0.15, -0.1) is 24.0 Å². The predicted octanol–water partition coefficient (Wildman–Crippen LogP) is 1.37. The molecule has 1 N–H and O–H groups in total. The van der Waals surface area contributed by atoms with Crippen LogP contribution in [0.1, 0.15) is 19.3 Å². The van der Waals surface area contributed by atoms with Crippen LogP contribution in [0.4, 0.5) is 0 Å². The third kappa shape index (κ3) is 2.93. The fraction of sp³-hybridized carbons (Fsp3) is 0.750. The van der Waals surface area contributed by atoms with Crippen molar-refractivity contribution < 1.29 is 4.74 Å². The van der Waals surface area contributed by atoms with Gasteiger partial charge in [0.1, 0.15) is 0 Å². The first-order chi connectivity index (χ1) is 7.81.